The van der Waals surface area contributed by atoms with Crippen molar-refractivity contribution in [2.45, 2.75) is 46.3 Å². The minimum atomic E-state index is -0.431. The van der Waals surface area contributed by atoms with Crippen LogP contribution in [0.3, 0.4) is 0 Å². The van der Waals surface area contributed by atoms with Gasteiger partial charge in [0.1, 0.15) is 11.5 Å². The van der Waals surface area contributed by atoms with E-state index >= 15 is 0 Å². The van der Waals surface area contributed by atoms with Gasteiger partial charge in [-0.05, 0) is 45.9 Å². The van der Waals surface area contributed by atoms with Crippen molar-refractivity contribution in [3.63, 3.8) is 0 Å². The van der Waals surface area contributed by atoms with E-state index in [1.54, 1.807) is 17.0 Å². The molecule has 0 atom stereocenters. The van der Waals surface area contributed by atoms with Gasteiger partial charge in [-0.1, -0.05) is 41.6 Å². The number of carbonyl (C=O) groups is 1. The normalized spacial score (nSPS) is 11.2. The Labute approximate surface area is 177 Å². The van der Waals surface area contributed by atoms with E-state index in [2.05, 4.69) is 19.0 Å². The number of carbonyl (C=O) groups excluding carboxylic acids is 1. The highest BCUT2D eigenvalue weighted by atomic mass is 19.1. The molecule has 2 aromatic carbocycles. The lowest BCUT2D eigenvalue weighted by Crippen LogP contribution is -2.37. The molecule has 1 amide bonds. The lowest BCUT2D eigenvalue weighted by atomic mass is 10.1. The second-order valence-corrected chi connectivity index (χ2v) is 7.92. The first kappa shape index (κ1) is 21.6. The Bertz CT molecular complexity index is 999. The zero-order chi connectivity index (χ0) is 21.8. The Morgan fingerprint density at radius 1 is 1.03 bits per heavy atom. The SMILES string of the molecule is CC(C)N(Cc1c(-c2ccccc2)noc1N(C)C(C)C)C(=O)c1cccc(F)c1. The lowest BCUT2D eigenvalue weighted by molar-refractivity contribution is 0.0690. The summed E-state index contributed by atoms with van der Waals surface area (Å²) in [6.07, 6.45) is 0. The monoisotopic (exact) mass is 409 g/mol. The van der Waals surface area contributed by atoms with E-state index in [1.807, 2.05) is 56.1 Å². The molecule has 3 aromatic rings. The molecule has 0 aliphatic rings. The highest BCUT2D eigenvalue weighted by molar-refractivity contribution is 5.94. The van der Waals surface area contributed by atoms with Crippen molar-refractivity contribution in [3.05, 3.63) is 71.5 Å². The number of benzene rings is 2. The smallest absolute Gasteiger partial charge is 0.254 e. The summed E-state index contributed by atoms with van der Waals surface area (Å²) in [6.45, 7) is 8.31. The number of aromatic nitrogens is 1. The van der Waals surface area contributed by atoms with Crippen LogP contribution in [0, 0.1) is 5.82 Å². The fraction of sp³-hybridized carbons (Fsp3) is 0.333. The average Bonchev–Trinajstić information content (AvgIpc) is 3.14. The zero-order valence-corrected chi connectivity index (χ0v) is 18.1. The highest BCUT2D eigenvalue weighted by Gasteiger charge is 2.27. The highest BCUT2D eigenvalue weighted by Crippen LogP contribution is 2.33. The number of anilines is 1. The largest absolute Gasteiger partial charge is 0.341 e. The van der Waals surface area contributed by atoms with Crippen LogP contribution in [0.4, 0.5) is 10.3 Å². The third-order valence-electron chi connectivity index (χ3n) is 5.19. The van der Waals surface area contributed by atoms with Crippen LogP contribution in [0.15, 0.2) is 59.1 Å². The molecule has 0 unspecified atom stereocenters. The molecular formula is C24H28FN3O2. The third-order valence-corrected chi connectivity index (χ3v) is 5.19. The van der Waals surface area contributed by atoms with E-state index in [0.29, 0.717) is 23.7 Å². The van der Waals surface area contributed by atoms with Crippen molar-refractivity contribution >= 4 is 11.8 Å². The van der Waals surface area contributed by atoms with Gasteiger partial charge >= 0.3 is 0 Å². The standard InChI is InChI=1S/C24H28FN3O2/c1-16(2)27(5)24-21(22(26-30-24)18-10-7-6-8-11-18)15-28(17(3)4)23(29)19-12-9-13-20(25)14-19/h6-14,16-17H,15H2,1-5H3. The number of nitrogens with zero attached hydrogens (tertiary/aromatic N) is 3. The van der Waals surface area contributed by atoms with Crippen LogP contribution in [-0.4, -0.2) is 35.1 Å². The Kier molecular flexibility index (Phi) is 6.55. The van der Waals surface area contributed by atoms with Gasteiger partial charge in [0.05, 0.1) is 12.1 Å². The molecule has 1 aromatic heterocycles. The maximum atomic E-state index is 13.7. The second kappa shape index (κ2) is 9.11. The molecule has 0 spiro atoms. The summed E-state index contributed by atoms with van der Waals surface area (Å²) in [6, 6.07) is 15.6. The summed E-state index contributed by atoms with van der Waals surface area (Å²) in [5.74, 6) is -0.0378. The van der Waals surface area contributed by atoms with E-state index in [0.717, 1.165) is 11.1 Å². The summed E-state index contributed by atoms with van der Waals surface area (Å²) in [5, 5.41) is 4.33. The number of rotatable bonds is 7. The van der Waals surface area contributed by atoms with Gasteiger partial charge in [-0.2, -0.15) is 0 Å². The fourth-order valence-corrected chi connectivity index (χ4v) is 3.22. The molecule has 0 saturated heterocycles. The summed E-state index contributed by atoms with van der Waals surface area (Å²) in [4.78, 5) is 16.9. The van der Waals surface area contributed by atoms with Crippen LogP contribution >= 0.6 is 0 Å². The molecule has 30 heavy (non-hydrogen) atoms. The molecule has 0 radical (unpaired) electrons. The molecule has 0 saturated carbocycles. The lowest BCUT2D eigenvalue weighted by Gasteiger charge is -2.28. The number of halogens is 1. The van der Waals surface area contributed by atoms with E-state index in [1.165, 1.54) is 12.1 Å². The number of amides is 1. The van der Waals surface area contributed by atoms with Crippen molar-refractivity contribution < 1.29 is 13.7 Å². The predicted molar refractivity (Wildman–Crippen MR) is 117 cm³/mol. The first-order chi connectivity index (χ1) is 14.3. The molecule has 0 N–H and O–H groups in total. The van der Waals surface area contributed by atoms with Gasteiger partial charge in [0.15, 0.2) is 0 Å². The second-order valence-electron chi connectivity index (χ2n) is 7.92. The Hall–Kier alpha value is -3.15. The van der Waals surface area contributed by atoms with Crippen molar-refractivity contribution in [3.8, 4) is 11.3 Å². The summed E-state index contributed by atoms with van der Waals surface area (Å²) >= 11 is 0. The van der Waals surface area contributed by atoms with Crippen LogP contribution in [0.1, 0.15) is 43.6 Å². The maximum Gasteiger partial charge on any atom is 0.254 e. The van der Waals surface area contributed by atoms with Crippen molar-refractivity contribution in [2.75, 3.05) is 11.9 Å². The van der Waals surface area contributed by atoms with Gasteiger partial charge in [-0.3, -0.25) is 4.79 Å². The quantitative estimate of drug-likeness (QED) is 0.526. The molecule has 0 fully saturated rings. The van der Waals surface area contributed by atoms with Gasteiger partial charge in [0, 0.05) is 30.3 Å². The van der Waals surface area contributed by atoms with Crippen LogP contribution in [0.2, 0.25) is 0 Å². The van der Waals surface area contributed by atoms with E-state index in [-0.39, 0.29) is 18.0 Å². The first-order valence-electron chi connectivity index (χ1n) is 10.1. The molecule has 3 rings (SSSR count). The molecule has 0 bridgehead atoms. The van der Waals surface area contributed by atoms with Crippen molar-refractivity contribution in [1.82, 2.24) is 10.1 Å². The molecule has 5 nitrogen and oxygen atoms in total. The van der Waals surface area contributed by atoms with E-state index < -0.39 is 5.82 Å². The van der Waals surface area contributed by atoms with Gasteiger partial charge in [-0.15, -0.1) is 0 Å². The van der Waals surface area contributed by atoms with Gasteiger partial charge in [0.2, 0.25) is 5.88 Å². The third kappa shape index (κ3) is 4.53. The van der Waals surface area contributed by atoms with Gasteiger partial charge in [0.25, 0.3) is 5.91 Å². The van der Waals surface area contributed by atoms with Crippen molar-refractivity contribution in [1.29, 1.82) is 0 Å². The van der Waals surface area contributed by atoms with Crippen molar-refractivity contribution in [2.24, 2.45) is 0 Å². The van der Waals surface area contributed by atoms with Gasteiger partial charge < -0.3 is 14.3 Å². The molecule has 0 aliphatic heterocycles. The number of hydrogen-bond acceptors (Lipinski definition) is 4. The summed E-state index contributed by atoms with van der Waals surface area (Å²) < 4.78 is 19.4. The zero-order valence-electron chi connectivity index (χ0n) is 18.1. The van der Waals surface area contributed by atoms with Gasteiger partial charge in [-0.25, -0.2) is 4.39 Å². The van der Waals surface area contributed by atoms with Crippen LogP contribution < -0.4 is 4.90 Å². The Morgan fingerprint density at radius 2 is 1.73 bits per heavy atom. The molecule has 6 heteroatoms. The Morgan fingerprint density at radius 3 is 2.33 bits per heavy atom. The first-order valence-corrected chi connectivity index (χ1v) is 10.1. The topological polar surface area (TPSA) is 49.6 Å². The van der Waals surface area contributed by atoms with Crippen LogP contribution in [-0.2, 0) is 6.54 Å². The minimum absolute atomic E-state index is 0.100. The van der Waals surface area contributed by atoms with E-state index in [9.17, 15) is 9.18 Å². The fourth-order valence-electron chi connectivity index (χ4n) is 3.22. The minimum Gasteiger partial charge on any atom is -0.341 e. The van der Waals surface area contributed by atoms with Crippen LogP contribution in [0.25, 0.3) is 11.3 Å². The summed E-state index contributed by atoms with van der Waals surface area (Å²) in [5.41, 5.74) is 2.77. The molecule has 158 valence electrons. The number of hydrogen-bond donors (Lipinski definition) is 0. The molecular weight excluding hydrogens is 381 g/mol. The maximum absolute atomic E-state index is 13.7. The average molecular weight is 410 g/mol. The Balaban J connectivity index is 2.05. The summed E-state index contributed by atoms with van der Waals surface area (Å²) in [7, 11) is 1.94. The predicted octanol–water partition coefficient (Wildman–Crippen LogP) is 5.38. The molecule has 1 heterocycles. The van der Waals surface area contributed by atoms with E-state index in [4.69, 9.17) is 4.52 Å². The molecule has 0 aliphatic carbocycles. The van der Waals surface area contributed by atoms with Crippen LogP contribution in [0.5, 0.6) is 0 Å².